The lowest BCUT2D eigenvalue weighted by atomic mass is 10.1. The summed E-state index contributed by atoms with van der Waals surface area (Å²) in [6, 6.07) is 13.8. The number of nitrogens with two attached hydrogens (primary N) is 1. The van der Waals surface area contributed by atoms with Gasteiger partial charge in [-0.05, 0) is 42.8 Å². The number of hydrogen-bond donors (Lipinski definition) is 3. The molecule has 0 spiro atoms. The lowest BCUT2D eigenvalue weighted by Crippen LogP contribution is -2.12. The molecule has 0 atom stereocenters. The van der Waals surface area contributed by atoms with Gasteiger partial charge in [0.05, 0.1) is 0 Å². The molecule has 0 aliphatic carbocycles. The van der Waals surface area contributed by atoms with E-state index in [-0.39, 0.29) is 11.7 Å². The van der Waals surface area contributed by atoms with E-state index in [9.17, 15) is 9.90 Å². The summed E-state index contributed by atoms with van der Waals surface area (Å²) < 4.78 is 0. The van der Waals surface area contributed by atoms with Gasteiger partial charge < -0.3 is 16.2 Å². The van der Waals surface area contributed by atoms with Crippen LogP contribution in [0.3, 0.4) is 0 Å². The topological polar surface area (TPSA) is 75.4 Å². The molecule has 0 aromatic heterocycles. The van der Waals surface area contributed by atoms with E-state index in [4.69, 9.17) is 5.73 Å². The molecule has 0 unspecified atom stereocenters. The predicted octanol–water partition coefficient (Wildman–Crippen LogP) is 2.15. The molecule has 0 saturated heterocycles. The van der Waals surface area contributed by atoms with Gasteiger partial charge in [0.1, 0.15) is 5.75 Å². The van der Waals surface area contributed by atoms with E-state index in [0.717, 1.165) is 12.0 Å². The van der Waals surface area contributed by atoms with Crippen LogP contribution in [-0.2, 0) is 6.42 Å². The molecule has 0 fully saturated rings. The van der Waals surface area contributed by atoms with Crippen LogP contribution in [0.2, 0.25) is 0 Å². The highest BCUT2D eigenvalue weighted by Gasteiger charge is 2.06. The first-order chi connectivity index (χ1) is 9.19. The fourth-order valence-corrected chi connectivity index (χ4v) is 1.78. The fraction of sp³-hybridized carbons (Fsp3) is 0.133. The summed E-state index contributed by atoms with van der Waals surface area (Å²) in [6.45, 7) is 0.592. The van der Waals surface area contributed by atoms with E-state index >= 15 is 0 Å². The van der Waals surface area contributed by atoms with Crippen LogP contribution < -0.4 is 11.1 Å². The minimum absolute atomic E-state index is 0.121. The highest BCUT2D eigenvalue weighted by molar-refractivity contribution is 6.04. The Morgan fingerprint density at radius 1 is 1.16 bits per heavy atom. The zero-order valence-electron chi connectivity index (χ0n) is 10.5. The molecular weight excluding hydrogens is 240 g/mol. The average Bonchev–Trinajstić information content (AvgIpc) is 2.40. The maximum Gasteiger partial charge on any atom is 0.255 e. The predicted molar refractivity (Wildman–Crippen MR) is 75.3 cm³/mol. The van der Waals surface area contributed by atoms with E-state index < -0.39 is 0 Å². The van der Waals surface area contributed by atoms with Crippen molar-refractivity contribution in [2.45, 2.75) is 6.42 Å². The number of amides is 1. The summed E-state index contributed by atoms with van der Waals surface area (Å²) in [4.78, 5) is 12.0. The zero-order valence-corrected chi connectivity index (χ0v) is 10.5. The summed E-state index contributed by atoms with van der Waals surface area (Å²) >= 11 is 0. The minimum Gasteiger partial charge on any atom is -0.508 e. The van der Waals surface area contributed by atoms with Crippen LogP contribution in [0.5, 0.6) is 5.75 Å². The van der Waals surface area contributed by atoms with Gasteiger partial charge in [-0.1, -0.05) is 18.2 Å². The molecule has 0 aliphatic rings. The smallest absolute Gasteiger partial charge is 0.255 e. The number of phenolic OH excluding ortho intramolecular Hbond substituents is 1. The van der Waals surface area contributed by atoms with Crippen molar-refractivity contribution in [3.8, 4) is 5.75 Å². The molecule has 1 amide bonds. The van der Waals surface area contributed by atoms with Gasteiger partial charge in [-0.3, -0.25) is 4.79 Å². The summed E-state index contributed by atoms with van der Waals surface area (Å²) in [5, 5.41) is 12.1. The molecule has 0 heterocycles. The summed E-state index contributed by atoms with van der Waals surface area (Å²) in [5.74, 6) is -0.0824. The Hall–Kier alpha value is -2.33. The number of anilines is 1. The van der Waals surface area contributed by atoms with Crippen LogP contribution in [0.4, 0.5) is 5.69 Å². The third-order valence-corrected chi connectivity index (χ3v) is 2.75. The maximum atomic E-state index is 12.0. The fourth-order valence-electron chi connectivity index (χ4n) is 1.78. The third-order valence-electron chi connectivity index (χ3n) is 2.75. The van der Waals surface area contributed by atoms with Crippen molar-refractivity contribution >= 4 is 11.6 Å². The second kappa shape index (κ2) is 6.02. The summed E-state index contributed by atoms with van der Waals surface area (Å²) in [6.07, 6.45) is 0.800. The van der Waals surface area contributed by atoms with Gasteiger partial charge in [0.25, 0.3) is 5.91 Å². The zero-order chi connectivity index (χ0) is 13.7. The Morgan fingerprint density at radius 3 is 2.53 bits per heavy atom. The van der Waals surface area contributed by atoms with Gasteiger partial charge in [-0.15, -0.1) is 0 Å². The molecular formula is C15H16N2O2. The number of phenols is 1. The van der Waals surface area contributed by atoms with Crippen LogP contribution in [0, 0.1) is 0 Å². The van der Waals surface area contributed by atoms with Crippen LogP contribution >= 0.6 is 0 Å². The van der Waals surface area contributed by atoms with Gasteiger partial charge >= 0.3 is 0 Å². The van der Waals surface area contributed by atoms with Crippen LogP contribution in [0.1, 0.15) is 15.9 Å². The van der Waals surface area contributed by atoms with Crippen molar-refractivity contribution in [1.82, 2.24) is 0 Å². The first-order valence-corrected chi connectivity index (χ1v) is 6.08. The molecule has 19 heavy (non-hydrogen) atoms. The van der Waals surface area contributed by atoms with Crippen molar-refractivity contribution in [1.29, 1.82) is 0 Å². The molecule has 4 nitrogen and oxygen atoms in total. The average molecular weight is 256 g/mol. The largest absolute Gasteiger partial charge is 0.508 e. The van der Waals surface area contributed by atoms with Gasteiger partial charge in [0.2, 0.25) is 0 Å². The Bertz CT molecular complexity index is 565. The van der Waals surface area contributed by atoms with E-state index in [0.29, 0.717) is 17.8 Å². The Labute approximate surface area is 111 Å². The van der Waals surface area contributed by atoms with Crippen molar-refractivity contribution < 1.29 is 9.90 Å². The normalized spacial score (nSPS) is 10.2. The quantitative estimate of drug-likeness (QED) is 0.784. The number of carbonyl (C=O) groups is 1. The highest BCUT2D eigenvalue weighted by Crippen LogP contribution is 2.16. The second-order valence-corrected chi connectivity index (χ2v) is 4.24. The molecule has 4 heteroatoms. The molecule has 0 bridgehead atoms. The third kappa shape index (κ3) is 3.56. The SMILES string of the molecule is NCCc1ccc(C(=O)Nc2cccc(O)c2)cc1. The number of nitrogens with one attached hydrogen (secondary N) is 1. The number of carbonyl (C=O) groups excluding carboxylic acids is 1. The number of rotatable bonds is 4. The van der Waals surface area contributed by atoms with Crippen molar-refractivity contribution in [2.75, 3.05) is 11.9 Å². The molecule has 0 aliphatic heterocycles. The molecule has 4 N–H and O–H groups in total. The Balaban J connectivity index is 2.07. The lowest BCUT2D eigenvalue weighted by molar-refractivity contribution is 0.102. The molecule has 2 aromatic carbocycles. The minimum atomic E-state index is -0.204. The van der Waals surface area contributed by atoms with E-state index in [1.807, 2.05) is 12.1 Å². The summed E-state index contributed by atoms with van der Waals surface area (Å²) in [5.41, 5.74) is 7.72. The maximum absolute atomic E-state index is 12.0. The molecule has 0 saturated carbocycles. The van der Waals surface area contributed by atoms with Crippen LogP contribution in [0.15, 0.2) is 48.5 Å². The van der Waals surface area contributed by atoms with Crippen LogP contribution in [-0.4, -0.2) is 17.6 Å². The Morgan fingerprint density at radius 2 is 1.89 bits per heavy atom. The first kappa shape index (κ1) is 13.1. The number of hydrogen-bond acceptors (Lipinski definition) is 3. The van der Waals surface area contributed by atoms with Crippen molar-refractivity contribution in [3.05, 3.63) is 59.7 Å². The van der Waals surface area contributed by atoms with E-state index in [1.54, 1.807) is 30.3 Å². The highest BCUT2D eigenvalue weighted by atomic mass is 16.3. The number of benzene rings is 2. The van der Waals surface area contributed by atoms with E-state index in [1.165, 1.54) is 6.07 Å². The molecule has 2 aromatic rings. The van der Waals surface area contributed by atoms with Gasteiger partial charge in [0, 0.05) is 17.3 Å². The van der Waals surface area contributed by atoms with Crippen molar-refractivity contribution in [2.24, 2.45) is 5.73 Å². The monoisotopic (exact) mass is 256 g/mol. The molecule has 98 valence electrons. The second-order valence-electron chi connectivity index (χ2n) is 4.24. The molecule has 0 radical (unpaired) electrons. The number of aromatic hydroxyl groups is 1. The summed E-state index contributed by atoms with van der Waals surface area (Å²) in [7, 11) is 0. The van der Waals surface area contributed by atoms with E-state index in [2.05, 4.69) is 5.32 Å². The van der Waals surface area contributed by atoms with Gasteiger partial charge in [0.15, 0.2) is 0 Å². The lowest BCUT2D eigenvalue weighted by Gasteiger charge is -2.06. The molecule has 2 rings (SSSR count). The first-order valence-electron chi connectivity index (χ1n) is 6.08. The van der Waals surface area contributed by atoms with Crippen molar-refractivity contribution in [3.63, 3.8) is 0 Å². The van der Waals surface area contributed by atoms with Gasteiger partial charge in [-0.25, -0.2) is 0 Å². The standard InChI is InChI=1S/C15H16N2O2/c16-9-8-11-4-6-12(7-5-11)15(19)17-13-2-1-3-14(18)10-13/h1-7,10,18H,8-9,16H2,(H,17,19). The Kier molecular flexibility index (Phi) is 4.15. The van der Waals surface area contributed by atoms with Gasteiger partial charge in [-0.2, -0.15) is 0 Å². The van der Waals surface area contributed by atoms with Crippen LogP contribution in [0.25, 0.3) is 0 Å².